The summed E-state index contributed by atoms with van der Waals surface area (Å²) >= 11 is 0. The van der Waals surface area contributed by atoms with Crippen molar-refractivity contribution in [3.8, 4) is 5.88 Å². The van der Waals surface area contributed by atoms with Gasteiger partial charge in [0.05, 0.1) is 7.11 Å². The molecular formula is C9H15N3O2S. The topological polar surface area (TPSA) is 64.1 Å². The zero-order valence-corrected chi connectivity index (χ0v) is 9.87. The normalized spacial score (nSPS) is 14.3. The van der Waals surface area contributed by atoms with E-state index in [0.29, 0.717) is 18.2 Å². The Balaban J connectivity index is 2.53. The van der Waals surface area contributed by atoms with Crippen LogP contribution in [0.25, 0.3) is 0 Å². The molecule has 6 heteroatoms. The van der Waals surface area contributed by atoms with Crippen molar-refractivity contribution in [2.24, 2.45) is 0 Å². The van der Waals surface area contributed by atoms with Crippen molar-refractivity contribution in [1.82, 2.24) is 9.97 Å². The second-order valence-corrected chi connectivity index (χ2v) is 4.94. The van der Waals surface area contributed by atoms with E-state index in [4.69, 9.17) is 4.74 Å². The summed E-state index contributed by atoms with van der Waals surface area (Å²) in [5.74, 6) is 1.19. The molecule has 0 saturated carbocycles. The summed E-state index contributed by atoms with van der Waals surface area (Å²) in [5.41, 5.74) is 0. The van der Waals surface area contributed by atoms with Crippen LogP contribution in [0.5, 0.6) is 5.88 Å². The molecule has 2 atom stereocenters. The third-order valence-electron chi connectivity index (χ3n) is 1.99. The van der Waals surface area contributed by atoms with E-state index >= 15 is 0 Å². The Kier molecular flexibility index (Phi) is 4.48. The van der Waals surface area contributed by atoms with Crippen molar-refractivity contribution in [2.45, 2.75) is 12.2 Å². The van der Waals surface area contributed by atoms with Crippen LogP contribution in [0.4, 0.5) is 5.82 Å². The first-order valence-electron chi connectivity index (χ1n) is 4.55. The maximum atomic E-state index is 11.1. The molecule has 0 aliphatic heterocycles. The predicted molar refractivity (Wildman–Crippen MR) is 60.6 cm³/mol. The summed E-state index contributed by atoms with van der Waals surface area (Å²) in [5, 5.41) is 3.17. The van der Waals surface area contributed by atoms with E-state index in [2.05, 4.69) is 15.3 Å². The largest absolute Gasteiger partial charge is 0.481 e. The molecular weight excluding hydrogens is 214 g/mol. The van der Waals surface area contributed by atoms with E-state index in [1.807, 2.05) is 6.92 Å². The summed E-state index contributed by atoms with van der Waals surface area (Å²) < 4.78 is 16.1. The number of nitrogens with one attached hydrogen (secondary N) is 1. The molecule has 0 fully saturated rings. The molecule has 1 heterocycles. The molecule has 2 unspecified atom stereocenters. The molecule has 0 aliphatic carbocycles. The van der Waals surface area contributed by atoms with Gasteiger partial charge >= 0.3 is 0 Å². The average molecular weight is 229 g/mol. The molecule has 0 aliphatic rings. The standard InChI is InChI=1S/C9H15N3O2S/c1-7(15(3)13)5-10-8-4-9(14-2)12-6-11-8/h4,6-7H,5H2,1-3H3,(H,10,11,12). The number of aromatic nitrogens is 2. The van der Waals surface area contributed by atoms with E-state index in [1.165, 1.54) is 6.33 Å². The van der Waals surface area contributed by atoms with Gasteiger partial charge in [0, 0.05) is 34.9 Å². The Morgan fingerprint density at radius 1 is 1.60 bits per heavy atom. The second-order valence-electron chi connectivity index (χ2n) is 3.14. The first-order chi connectivity index (χ1) is 7.13. The summed E-state index contributed by atoms with van der Waals surface area (Å²) in [6.45, 7) is 2.53. The van der Waals surface area contributed by atoms with Gasteiger partial charge in [-0.3, -0.25) is 4.21 Å². The Bertz CT molecular complexity index is 346. The monoisotopic (exact) mass is 229 g/mol. The summed E-state index contributed by atoms with van der Waals surface area (Å²) in [7, 11) is 0.723. The number of anilines is 1. The third-order valence-corrected chi connectivity index (χ3v) is 3.29. The highest BCUT2D eigenvalue weighted by Crippen LogP contribution is 2.10. The first-order valence-corrected chi connectivity index (χ1v) is 6.17. The van der Waals surface area contributed by atoms with Gasteiger partial charge in [0.1, 0.15) is 12.1 Å². The molecule has 0 bridgehead atoms. The van der Waals surface area contributed by atoms with E-state index in [0.717, 1.165) is 0 Å². The van der Waals surface area contributed by atoms with Crippen LogP contribution in [0.15, 0.2) is 12.4 Å². The maximum absolute atomic E-state index is 11.1. The number of hydrogen-bond acceptors (Lipinski definition) is 5. The average Bonchev–Trinajstić information content (AvgIpc) is 2.26. The highest BCUT2D eigenvalue weighted by molar-refractivity contribution is 7.84. The summed E-state index contributed by atoms with van der Waals surface area (Å²) in [4.78, 5) is 7.90. The Hall–Kier alpha value is -1.17. The van der Waals surface area contributed by atoms with Gasteiger partial charge in [-0.15, -0.1) is 0 Å². The molecule has 1 N–H and O–H groups in total. The van der Waals surface area contributed by atoms with Crippen molar-refractivity contribution in [3.63, 3.8) is 0 Å². The minimum absolute atomic E-state index is 0.0889. The lowest BCUT2D eigenvalue weighted by molar-refractivity contribution is 0.397. The second kappa shape index (κ2) is 5.65. The van der Waals surface area contributed by atoms with Crippen LogP contribution in [-0.2, 0) is 10.8 Å². The van der Waals surface area contributed by atoms with Gasteiger partial charge in [-0.25, -0.2) is 9.97 Å². The Morgan fingerprint density at radius 2 is 2.33 bits per heavy atom. The van der Waals surface area contributed by atoms with E-state index in [1.54, 1.807) is 19.4 Å². The smallest absolute Gasteiger partial charge is 0.218 e. The summed E-state index contributed by atoms with van der Waals surface area (Å²) in [6, 6.07) is 1.70. The molecule has 0 saturated heterocycles. The van der Waals surface area contributed by atoms with E-state index in [9.17, 15) is 4.21 Å². The molecule has 1 aromatic rings. The minimum Gasteiger partial charge on any atom is -0.481 e. The van der Waals surface area contributed by atoms with Crippen LogP contribution in [0.3, 0.4) is 0 Å². The maximum Gasteiger partial charge on any atom is 0.218 e. The van der Waals surface area contributed by atoms with Gasteiger partial charge in [0.2, 0.25) is 5.88 Å². The number of hydrogen-bond donors (Lipinski definition) is 1. The fourth-order valence-corrected chi connectivity index (χ4v) is 1.23. The molecule has 0 amide bonds. The molecule has 0 aromatic carbocycles. The summed E-state index contributed by atoms with van der Waals surface area (Å²) in [6.07, 6.45) is 3.11. The van der Waals surface area contributed by atoms with E-state index in [-0.39, 0.29) is 5.25 Å². The molecule has 1 rings (SSSR count). The van der Waals surface area contributed by atoms with Gasteiger partial charge in [0.25, 0.3) is 0 Å². The fraction of sp³-hybridized carbons (Fsp3) is 0.556. The zero-order valence-electron chi connectivity index (χ0n) is 9.06. The molecule has 15 heavy (non-hydrogen) atoms. The van der Waals surface area contributed by atoms with Crippen LogP contribution >= 0.6 is 0 Å². The Morgan fingerprint density at radius 3 is 2.93 bits per heavy atom. The SMILES string of the molecule is COc1cc(NCC(C)S(C)=O)ncn1. The van der Waals surface area contributed by atoms with Gasteiger partial charge in [-0.05, 0) is 6.92 Å². The minimum atomic E-state index is -0.828. The highest BCUT2D eigenvalue weighted by Gasteiger charge is 2.06. The van der Waals surface area contributed by atoms with Crippen molar-refractivity contribution in [2.75, 3.05) is 25.2 Å². The quantitative estimate of drug-likeness (QED) is 0.803. The predicted octanol–water partition coefficient (Wildman–Crippen LogP) is 0.664. The number of ether oxygens (including phenoxy) is 1. The number of rotatable bonds is 5. The zero-order chi connectivity index (χ0) is 11.3. The van der Waals surface area contributed by atoms with Crippen molar-refractivity contribution < 1.29 is 8.95 Å². The molecule has 1 aromatic heterocycles. The van der Waals surface area contributed by atoms with Crippen LogP contribution in [-0.4, -0.2) is 39.3 Å². The lowest BCUT2D eigenvalue weighted by Crippen LogP contribution is -2.21. The van der Waals surface area contributed by atoms with Crippen LogP contribution in [0.2, 0.25) is 0 Å². The van der Waals surface area contributed by atoms with Gasteiger partial charge < -0.3 is 10.1 Å². The van der Waals surface area contributed by atoms with Crippen LogP contribution in [0, 0.1) is 0 Å². The number of methoxy groups -OCH3 is 1. The lowest BCUT2D eigenvalue weighted by atomic mass is 10.4. The Labute approximate surface area is 91.7 Å². The van der Waals surface area contributed by atoms with Crippen LogP contribution in [0.1, 0.15) is 6.92 Å². The molecule has 0 spiro atoms. The van der Waals surface area contributed by atoms with Crippen molar-refractivity contribution in [1.29, 1.82) is 0 Å². The van der Waals surface area contributed by atoms with Crippen molar-refractivity contribution in [3.05, 3.63) is 12.4 Å². The molecule has 0 radical (unpaired) electrons. The highest BCUT2D eigenvalue weighted by atomic mass is 32.2. The van der Waals surface area contributed by atoms with Gasteiger partial charge in [-0.2, -0.15) is 0 Å². The van der Waals surface area contributed by atoms with Gasteiger partial charge in [0.15, 0.2) is 0 Å². The molecule has 84 valence electrons. The van der Waals surface area contributed by atoms with Crippen LogP contribution < -0.4 is 10.1 Å². The van der Waals surface area contributed by atoms with Gasteiger partial charge in [-0.1, -0.05) is 0 Å². The number of nitrogens with zero attached hydrogens (tertiary/aromatic N) is 2. The molecule has 5 nitrogen and oxygen atoms in total. The fourth-order valence-electron chi connectivity index (χ4n) is 0.913. The van der Waals surface area contributed by atoms with Crippen molar-refractivity contribution >= 4 is 16.6 Å². The third kappa shape index (κ3) is 3.83. The van der Waals surface area contributed by atoms with E-state index < -0.39 is 10.8 Å². The lowest BCUT2D eigenvalue weighted by Gasteiger charge is -2.10. The first kappa shape index (κ1) is 11.9.